The maximum Gasteiger partial charge on any atom is 0.401 e. The molecule has 2 nitrogen and oxygen atoms in total. The first-order chi connectivity index (χ1) is 8.89. The number of rotatable bonds is 5. The first kappa shape index (κ1) is 14.3. The lowest BCUT2D eigenvalue weighted by Crippen LogP contribution is -2.35. The van der Waals surface area contributed by atoms with Gasteiger partial charge in [-0.2, -0.15) is 13.2 Å². The van der Waals surface area contributed by atoms with E-state index < -0.39 is 18.5 Å². The topological polar surface area (TPSA) is 29.3 Å². The molecule has 0 spiro atoms. The van der Waals surface area contributed by atoms with E-state index in [2.05, 4.69) is 0 Å². The van der Waals surface area contributed by atoms with Gasteiger partial charge in [0.15, 0.2) is 0 Å². The minimum absolute atomic E-state index is 0.0240. The number of nitrogens with two attached hydrogens (primary N) is 1. The molecule has 2 N–H and O–H groups in total. The molecular formula is C13H16F4N2. The van der Waals surface area contributed by atoms with E-state index in [4.69, 9.17) is 5.73 Å². The zero-order valence-corrected chi connectivity index (χ0v) is 10.4. The highest BCUT2D eigenvalue weighted by atomic mass is 19.4. The molecule has 1 aromatic rings. The van der Waals surface area contributed by atoms with Crippen LogP contribution in [0, 0.1) is 5.82 Å². The van der Waals surface area contributed by atoms with E-state index in [-0.39, 0.29) is 24.7 Å². The number of benzene rings is 1. The van der Waals surface area contributed by atoms with Gasteiger partial charge >= 0.3 is 6.18 Å². The van der Waals surface area contributed by atoms with E-state index >= 15 is 0 Å². The maximum absolute atomic E-state index is 13.6. The molecule has 0 heterocycles. The van der Waals surface area contributed by atoms with Crippen molar-refractivity contribution in [2.75, 3.05) is 6.54 Å². The minimum Gasteiger partial charge on any atom is -0.326 e. The van der Waals surface area contributed by atoms with Crippen molar-refractivity contribution in [3.63, 3.8) is 0 Å². The van der Waals surface area contributed by atoms with Crippen LogP contribution in [0.25, 0.3) is 0 Å². The standard InChI is InChI=1S/C13H16F4N2/c14-12-4-1-9(6-18)5-10(12)7-19(11-2-3-11)8-13(15,16)17/h1,4-5,11H,2-3,6-8,18H2. The van der Waals surface area contributed by atoms with E-state index in [0.29, 0.717) is 0 Å². The highest BCUT2D eigenvalue weighted by Crippen LogP contribution is 2.31. The van der Waals surface area contributed by atoms with Crippen LogP contribution in [0.1, 0.15) is 24.0 Å². The average molecular weight is 276 g/mol. The normalized spacial score (nSPS) is 16.1. The fourth-order valence-electron chi connectivity index (χ4n) is 2.08. The van der Waals surface area contributed by atoms with Gasteiger partial charge in [0.25, 0.3) is 0 Å². The summed E-state index contributed by atoms with van der Waals surface area (Å²) in [5.41, 5.74) is 6.46. The van der Waals surface area contributed by atoms with Crippen molar-refractivity contribution in [3.05, 3.63) is 35.1 Å². The Morgan fingerprint density at radius 3 is 2.47 bits per heavy atom. The van der Waals surface area contributed by atoms with E-state index in [1.54, 1.807) is 12.1 Å². The van der Waals surface area contributed by atoms with Crippen LogP contribution in [0.4, 0.5) is 17.6 Å². The molecule has 0 amide bonds. The minimum atomic E-state index is -4.26. The molecule has 1 aromatic carbocycles. The number of hydrogen-bond donors (Lipinski definition) is 1. The van der Waals surface area contributed by atoms with Crippen LogP contribution in [-0.2, 0) is 13.1 Å². The van der Waals surface area contributed by atoms with E-state index in [1.807, 2.05) is 0 Å². The van der Waals surface area contributed by atoms with Gasteiger partial charge in [0.1, 0.15) is 5.82 Å². The average Bonchev–Trinajstić information content (AvgIpc) is 3.13. The second kappa shape index (κ2) is 5.46. The fraction of sp³-hybridized carbons (Fsp3) is 0.538. The third kappa shape index (κ3) is 4.18. The summed E-state index contributed by atoms with van der Waals surface area (Å²) in [6.07, 6.45) is -2.77. The number of hydrogen-bond acceptors (Lipinski definition) is 2. The van der Waals surface area contributed by atoms with Crippen molar-refractivity contribution >= 4 is 0 Å². The molecule has 0 aliphatic heterocycles. The molecule has 0 aromatic heterocycles. The molecule has 0 radical (unpaired) electrons. The van der Waals surface area contributed by atoms with Crippen LogP contribution in [0.2, 0.25) is 0 Å². The predicted octanol–water partition coefficient (Wildman–Crippen LogP) is 2.81. The molecule has 0 unspecified atom stereocenters. The Bertz CT molecular complexity index is 441. The van der Waals surface area contributed by atoms with Crippen molar-refractivity contribution in [2.24, 2.45) is 5.73 Å². The zero-order chi connectivity index (χ0) is 14.0. The maximum atomic E-state index is 13.6. The van der Waals surface area contributed by atoms with Gasteiger partial charge in [0.2, 0.25) is 0 Å². The summed E-state index contributed by atoms with van der Waals surface area (Å²) >= 11 is 0. The monoisotopic (exact) mass is 276 g/mol. The van der Waals surface area contributed by atoms with Crippen molar-refractivity contribution < 1.29 is 17.6 Å². The summed E-state index contributed by atoms with van der Waals surface area (Å²) in [6, 6.07) is 4.27. The molecule has 19 heavy (non-hydrogen) atoms. The molecule has 0 atom stereocenters. The number of nitrogens with zero attached hydrogens (tertiary/aromatic N) is 1. The Morgan fingerprint density at radius 1 is 1.26 bits per heavy atom. The molecule has 2 rings (SSSR count). The summed E-state index contributed by atoms with van der Waals surface area (Å²) in [5, 5.41) is 0. The van der Waals surface area contributed by atoms with Gasteiger partial charge in [-0.1, -0.05) is 12.1 Å². The van der Waals surface area contributed by atoms with Crippen LogP contribution >= 0.6 is 0 Å². The van der Waals surface area contributed by atoms with Gasteiger partial charge in [-0.05, 0) is 24.5 Å². The van der Waals surface area contributed by atoms with Gasteiger partial charge in [0, 0.05) is 24.7 Å². The highest BCUT2D eigenvalue weighted by molar-refractivity contribution is 5.25. The second-order valence-corrected chi connectivity index (χ2v) is 4.88. The van der Waals surface area contributed by atoms with E-state index in [0.717, 1.165) is 18.4 Å². The third-order valence-corrected chi connectivity index (χ3v) is 3.16. The summed E-state index contributed by atoms with van der Waals surface area (Å²) in [5.74, 6) is -0.481. The third-order valence-electron chi connectivity index (χ3n) is 3.16. The Hall–Kier alpha value is -1.14. The Labute approximate surface area is 109 Å². The zero-order valence-electron chi connectivity index (χ0n) is 10.4. The lowest BCUT2D eigenvalue weighted by molar-refractivity contribution is -0.148. The molecule has 0 bridgehead atoms. The van der Waals surface area contributed by atoms with Gasteiger partial charge < -0.3 is 5.73 Å². The Balaban J connectivity index is 2.12. The predicted molar refractivity (Wildman–Crippen MR) is 63.8 cm³/mol. The summed E-state index contributed by atoms with van der Waals surface area (Å²) < 4.78 is 51.1. The molecule has 1 aliphatic carbocycles. The molecule has 0 saturated heterocycles. The van der Waals surface area contributed by atoms with Gasteiger partial charge in [-0.15, -0.1) is 0 Å². The van der Waals surface area contributed by atoms with E-state index in [1.165, 1.54) is 11.0 Å². The van der Waals surface area contributed by atoms with Crippen LogP contribution < -0.4 is 5.73 Å². The molecule has 1 saturated carbocycles. The summed E-state index contributed by atoms with van der Waals surface area (Å²) in [7, 11) is 0. The molecule has 106 valence electrons. The quantitative estimate of drug-likeness (QED) is 0.838. The Kier molecular flexibility index (Phi) is 4.10. The molecule has 1 aliphatic rings. The van der Waals surface area contributed by atoms with Crippen LogP contribution in [0.3, 0.4) is 0 Å². The van der Waals surface area contributed by atoms with Crippen LogP contribution in [-0.4, -0.2) is 23.7 Å². The molecular weight excluding hydrogens is 260 g/mol. The van der Waals surface area contributed by atoms with Crippen molar-refractivity contribution in [2.45, 2.75) is 38.1 Å². The van der Waals surface area contributed by atoms with Crippen molar-refractivity contribution in [1.29, 1.82) is 0 Å². The lowest BCUT2D eigenvalue weighted by atomic mass is 10.1. The Morgan fingerprint density at radius 2 is 1.95 bits per heavy atom. The van der Waals surface area contributed by atoms with Gasteiger partial charge in [-0.25, -0.2) is 4.39 Å². The SMILES string of the molecule is NCc1ccc(F)c(CN(CC(F)(F)F)C2CC2)c1. The smallest absolute Gasteiger partial charge is 0.326 e. The largest absolute Gasteiger partial charge is 0.401 e. The number of alkyl halides is 3. The van der Waals surface area contributed by atoms with Gasteiger partial charge in [-0.3, -0.25) is 4.90 Å². The van der Waals surface area contributed by atoms with Crippen molar-refractivity contribution in [3.8, 4) is 0 Å². The van der Waals surface area contributed by atoms with Crippen LogP contribution in [0.15, 0.2) is 18.2 Å². The first-order valence-electron chi connectivity index (χ1n) is 6.17. The first-order valence-corrected chi connectivity index (χ1v) is 6.17. The second-order valence-electron chi connectivity index (χ2n) is 4.88. The highest BCUT2D eigenvalue weighted by Gasteiger charge is 2.38. The number of halogens is 4. The summed E-state index contributed by atoms with van der Waals surface area (Å²) in [6.45, 7) is -0.774. The molecule has 6 heteroatoms. The van der Waals surface area contributed by atoms with E-state index in [9.17, 15) is 17.6 Å². The lowest BCUT2D eigenvalue weighted by Gasteiger charge is -2.23. The van der Waals surface area contributed by atoms with Gasteiger partial charge in [0.05, 0.1) is 6.54 Å². The molecule has 1 fully saturated rings. The fourth-order valence-corrected chi connectivity index (χ4v) is 2.08. The van der Waals surface area contributed by atoms with Crippen LogP contribution in [0.5, 0.6) is 0 Å². The summed E-state index contributed by atoms with van der Waals surface area (Å²) in [4.78, 5) is 1.29. The van der Waals surface area contributed by atoms with Crippen molar-refractivity contribution in [1.82, 2.24) is 4.90 Å².